The van der Waals surface area contributed by atoms with Gasteiger partial charge in [-0.1, -0.05) is 26.7 Å². The van der Waals surface area contributed by atoms with Crippen molar-refractivity contribution in [3.05, 3.63) is 16.5 Å². The Balaban J connectivity index is 2.19. The first kappa shape index (κ1) is 16.0. The molecule has 4 nitrogen and oxygen atoms in total. The van der Waals surface area contributed by atoms with Crippen LogP contribution in [-0.4, -0.2) is 19.0 Å². The van der Waals surface area contributed by atoms with Gasteiger partial charge in [-0.25, -0.2) is 4.79 Å². The molecule has 0 radical (unpaired) electrons. The largest absolute Gasteiger partial charge is 0.465 e. The Hall–Kier alpha value is -1.36. The molecule has 1 aromatic rings. The highest BCUT2D eigenvalue weighted by molar-refractivity contribution is 7.15. The van der Waals surface area contributed by atoms with Crippen LogP contribution < -0.4 is 5.32 Å². The molecule has 116 valence electrons. The van der Waals surface area contributed by atoms with Crippen molar-refractivity contribution in [1.29, 1.82) is 0 Å². The van der Waals surface area contributed by atoms with Crippen molar-refractivity contribution >= 4 is 28.2 Å². The number of methoxy groups -OCH3 is 1. The zero-order valence-corrected chi connectivity index (χ0v) is 13.7. The summed E-state index contributed by atoms with van der Waals surface area (Å²) in [6.07, 6.45) is 4.93. The lowest BCUT2D eigenvalue weighted by atomic mass is 10.0. The average Bonchev–Trinajstić information content (AvgIpc) is 3.07. The molecule has 1 fully saturated rings. The Morgan fingerprint density at radius 2 is 2.05 bits per heavy atom. The highest BCUT2D eigenvalue weighted by atomic mass is 32.1. The number of nitrogens with one attached hydrogen (secondary N) is 1. The zero-order valence-electron chi connectivity index (χ0n) is 12.9. The van der Waals surface area contributed by atoms with Crippen molar-refractivity contribution in [2.24, 2.45) is 11.8 Å². The molecule has 0 aliphatic heterocycles. The number of anilines is 1. The molecule has 0 unspecified atom stereocenters. The second-order valence-electron chi connectivity index (χ2n) is 6.03. The van der Waals surface area contributed by atoms with Gasteiger partial charge in [0, 0.05) is 5.92 Å². The maximum absolute atomic E-state index is 12.3. The molecule has 0 saturated heterocycles. The Bertz CT molecular complexity index is 516. The maximum atomic E-state index is 12.3. The van der Waals surface area contributed by atoms with Crippen LogP contribution in [0.5, 0.6) is 0 Å². The molecule has 1 aliphatic rings. The highest BCUT2D eigenvalue weighted by Crippen LogP contribution is 2.33. The number of hydrogen-bond acceptors (Lipinski definition) is 4. The second-order valence-corrected chi connectivity index (χ2v) is 6.90. The number of carbonyl (C=O) groups excluding carboxylic acids is 2. The number of thiophene rings is 1. The molecule has 0 bridgehead atoms. The third-order valence-corrected chi connectivity index (χ3v) is 4.79. The molecule has 1 saturated carbocycles. The van der Waals surface area contributed by atoms with E-state index in [0.717, 1.165) is 37.7 Å². The first-order valence-electron chi connectivity index (χ1n) is 7.52. The summed E-state index contributed by atoms with van der Waals surface area (Å²) in [5, 5.41) is 5.53. The zero-order chi connectivity index (χ0) is 15.4. The summed E-state index contributed by atoms with van der Waals surface area (Å²) in [4.78, 5) is 24.3. The monoisotopic (exact) mass is 309 g/mol. The SMILES string of the molecule is COC(=O)c1c(CC(C)C)csc1NC(=O)C1CCCC1. The average molecular weight is 309 g/mol. The number of amides is 1. The van der Waals surface area contributed by atoms with E-state index >= 15 is 0 Å². The number of rotatable bonds is 5. The Kier molecular flexibility index (Phi) is 5.39. The van der Waals surface area contributed by atoms with E-state index < -0.39 is 0 Å². The van der Waals surface area contributed by atoms with Gasteiger partial charge in [-0.15, -0.1) is 11.3 Å². The van der Waals surface area contributed by atoms with Gasteiger partial charge < -0.3 is 10.1 Å². The molecule has 0 atom stereocenters. The normalized spacial score (nSPS) is 15.4. The fraction of sp³-hybridized carbons (Fsp3) is 0.625. The van der Waals surface area contributed by atoms with E-state index in [2.05, 4.69) is 19.2 Å². The van der Waals surface area contributed by atoms with E-state index in [1.807, 2.05) is 5.38 Å². The lowest BCUT2D eigenvalue weighted by Crippen LogP contribution is -2.21. The fourth-order valence-corrected chi connectivity index (χ4v) is 3.77. The molecule has 1 N–H and O–H groups in total. The van der Waals surface area contributed by atoms with Crippen molar-refractivity contribution < 1.29 is 14.3 Å². The predicted molar refractivity (Wildman–Crippen MR) is 84.8 cm³/mol. The van der Waals surface area contributed by atoms with Gasteiger partial charge in [0.15, 0.2) is 0 Å². The summed E-state index contributed by atoms with van der Waals surface area (Å²) in [5.74, 6) is 0.205. The van der Waals surface area contributed by atoms with Gasteiger partial charge in [0.1, 0.15) is 5.00 Å². The molecule has 2 rings (SSSR count). The van der Waals surface area contributed by atoms with Crippen LogP contribution in [0, 0.1) is 11.8 Å². The van der Waals surface area contributed by atoms with Crippen molar-refractivity contribution in [2.45, 2.75) is 46.0 Å². The third-order valence-electron chi connectivity index (χ3n) is 3.85. The van der Waals surface area contributed by atoms with Crippen molar-refractivity contribution in [3.63, 3.8) is 0 Å². The number of hydrogen-bond donors (Lipinski definition) is 1. The first-order chi connectivity index (χ1) is 10.0. The molecule has 0 spiro atoms. The third kappa shape index (κ3) is 3.84. The van der Waals surface area contributed by atoms with Crippen LogP contribution in [0.3, 0.4) is 0 Å². The molecular formula is C16H23NO3S. The van der Waals surface area contributed by atoms with Gasteiger partial charge in [-0.2, -0.15) is 0 Å². The van der Waals surface area contributed by atoms with E-state index in [4.69, 9.17) is 4.74 Å². The maximum Gasteiger partial charge on any atom is 0.341 e. The smallest absolute Gasteiger partial charge is 0.341 e. The lowest BCUT2D eigenvalue weighted by Gasteiger charge is -2.11. The topological polar surface area (TPSA) is 55.4 Å². The molecule has 1 heterocycles. The number of ether oxygens (including phenoxy) is 1. The van der Waals surface area contributed by atoms with E-state index in [1.165, 1.54) is 18.4 Å². The van der Waals surface area contributed by atoms with Gasteiger partial charge in [-0.05, 0) is 36.1 Å². The van der Waals surface area contributed by atoms with Crippen molar-refractivity contribution in [3.8, 4) is 0 Å². The van der Waals surface area contributed by atoms with Gasteiger partial charge in [0.05, 0.1) is 12.7 Å². The second kappa shape index (κ2) is 7.07. The van der Waals surface area contributed by atoms with Gasteiger partial charge >= 0.3 is 5.97 Å². The summed E-state index contributed by atoms with van der Waals surface area (Å²) in [6.45, 7) is 4.21. The summed E-state index contributed by atoms with van der Waals surface area (Å²) in [6, 6.07) is 0. The van der Waals surface area contributed by atoms with E-state index in [-0.39, 0.29) is 17.8 Å². The van der Waals surface area contributed by atoms with Crippen LogP contribution in [0.2, 0.25) is 0 Å². The molecule has 5 heteroatoms. The van der Waals surface area contributed by atoms with Crippen molar-refractivity contribution in [1.82, 2.24) is 0 Å². The summed E-state index contributed by atoms with van der Waals surface area (Å²) >= 11 is 1.42. The minimum Gasteiger partial charge on any atom is -0.465 e. The summed E-state index contributed by atoms with van der Waals surface area (Å²) in [7, 11) is 1.38. The van der Waals surface area contributed by atoms with Crippen LogP contribution in [0.25, 0.3) is 0 Å². The molecular weight excluding hydrogens is 286 g/mol. The van der Waals surface area contributed by atoms with E-state index in [1.54, 1.807) is 0 Å². The minimum atomic E-state index is -0.367. The van der Waals surface area contributed by atoms with E-state index in [0.29, 0.717) is 16.5 Å². The van der Waals surface area contributed by atoms with Crippen LogP contribution in [0.4, 0.5) is 5.00 Å². The minimum absolute atomic E-state index is 0.0376. The molecule has 21 heavy (non-hydrogen) atoms. The summed E-state index contributed by atoms with van der Waals surface area (Å²) in [5.41, 5.74) is 1.49. The van der Waals surface area contributed by atoms with Gasteiger partial charge in [0.25, 0.3) is 0 Å². The van der Waals surface area contributed by atoms with Crippen LogP contribution in [0.1, 0.15) is 55.5 Å². The molecule has 0 aromatic carbocycles. The van der Waals surface area contributed by atoms with Crippen LogP contribution >= 0.6 is 11.3 Å². The quantitative estimate of drug-likeness (QED) is 0.840. The molecule has 1 aliphatic carbocycles. The standard InChI is InChI=1S/C16H23NO3S/c1-10(2)8-12-9-21-15(13(12)16(19)20-3)17-14(18)11-6-4-5-7-11/h9-11H,4-8H2,1-3H3,(H,17,18). The first-order valence-corrected chi connectivity index (χ1v) is 8.40. The van der Waals surface area contributed by atoms with Gasteiger partial charge in [-0.3, -0.25) is 4.79 Å². The lowest BCUT2D eigenvalue weighted by molar-refractivity contribution is -0.119. The summed E-state index contributed by atoms with van der Waals surface area (Å²) < 4.78 is 4.88. The van der Waals surface area contributed by atoms with Crippen molar-refractivity contribution in [2.75, 3.05) is 12.4 Å². The number of carbonyl (C=O) groups is 2. The van der Waals surface area contributed by atoms with E-state index in [9.17, 15) is 9.59 Å². The molecule has 1 aromatic heterocycles. The van der Waals surface area contributed by atoms with Gasteiger partial charge in [0.2, 0.25) is 5.91 Å². The molecule has 1 amide bonds. The number of esters is 1. The van der Waals surface area contributed by atoms with Crippen LogP contribution in [0.15, 0.2) is 5.38 Å². The fourth-order valence-electron chi connectivity index (χ4n) is 2.80. The Morgan fingerprint density at radius 1 is 1.38 bits per heavy atom. The Labute approximate surface area is 129 Å². The predicted octanol–water partition coefficient (Wildman–Crippen LogP) is 3.86. The highest BCUT2D eigenvalue weighted by Gasteiger charge is 2.26. The van der Waals surface area contributed by atoms with Crippen LogP contribution in [-0.2, 0) is 16.0 Å². The Morgan fingerprint density at radius 3 is 2.62 bits per heavy atom.